The number of para-hydroxylation sites is 1. The van der Waals surface area contributed by atoms with E-state index in [1.54, 1.807) is 13.1 Å². The smallest absolute Gasteiger partial charge is 0.184 e. The number of thiocarbonyl (C=S) groups is 1. The molecular weight excluding hydrogens is 206 g/mol. The molecule has 0 spiro atoms. The fourth-order valence-corrected chi connectivity index (χ4v) is 0.983. The van der Waals surface area contributed by atoms with E-state index >= 15 is 0 Å². The normalized spacial score (nSPS) is 9.08. The summed E-state index contributed by atoms with van der Waals surface area (Å²) in [5, 5.41) is 3.93. The number of rotatable bonds is 2. The molecule has 0 amide bonds. The molecule has 0 aliphatic heterocycles. The second-order valence-corrected chi connectivity index (χ2v) is 3.12. The van der Waals surface area contributed by atoms with Crippen LogP contribution in [0.2, 0.25) is 5.02 Å². The van der Waals surface area contributed by atoms with Crippen LogP contribution in [0.3, 0.4) is 0 Å². The minimum Gasteiger partial charge on any atom is -0.364 e. The van der Waals surface area contributed by atoms with Gasteiger partial charge in [0.25, 0.3) is 0 Å². The van der Waals surface area contributed by atoms with Crippen LogP contribution in [-0.2, 0) is 0 Å². The van der Waals surface area contributed by atoms with E-state index in [2.05, 4.69) is 16.2 Å². The minimum absolute atomic E-state index is 0.514. The Hall–Kier alpha value is -1.00. The van der Waals surface area contributed by atoms with Crippen LogP contribution in [0, 0.1) is 0 Å². The van der Waals surface area contributed by atoms with E-state index in [0.29, 0.717) is 10.1 Å². The van der Waals surface area contributed by atoms with Crippen LogP contribution < -0.4 is 16.2 Å². The maximum atomic E-state index is 5.88. The fourth-order valence-electron chi connectivity index (χ4n) is 0.749. The highest BCUT2D eigenvalue weighted by Crippen LogP contribution is 2.18. The molecule has 0 atom stereocenters. The lowest BCUT2D eigenvalue weighted by molar-refractivity contribution is 1.04. The molecular formula is C8H10ClN3S. The van der Waals surface area contributed by atoms with E-state index in [0.717, 1.165) is 5.69 Å². The number of hydrazine groups is 1. The summed E-state index contributed by atoms with van der Waals surface area (Å²) in [6, 6.07) is 7.41. The number of benzene rings is 1. The number of nitrogens with one attached hydrogen (secondary N) is 3. The molecule has 1 rings (SSSR count). The summed E-state index contributed by atoms with van der Waals surface area (Å²) in [5.41, 5.74) is 6.45. The van der Waals surface area contributed by atoms with Crippen LogP contribution in [0.15, 0.2) is 24.3 Å². The molecule has 0 radical (unpaired) electrons. The van der Waals surface area contributed by atoms with E-state index in [-0.39, 0.29) is 0 Å². The van der Waals surface area contributed by atoms with Crippen LogP contribution in [0.25, 0.3) is 0 Å². The van der Waals surface area contributed by atoms with Gasteiger partial charge in [-0.25, -0.2) is 0 Å². The van der Waals surface area contributed by atoms with Crippen LogP contribution in [0.5, 0.6) is 0 Å². The Morgan fingerprint density at radius 1 is 1.38 bits per heavy atom. The average Bonchev–Trinajstić information content (AvgIpc) is 2.16. The van der Waals surface area contributed by atoms with Crippen molar-refractivity contribution >= 4 is 34.6 Å². The van der Waals surface area contributed by atoms with E-state index in [1.807, 2.05) is 18.2 Å². The lowest BCUT2D eigenvalue weighted by atomic mass is 10.3. The van der Waals surface area contributed by atoms with Crippen molar-refractivity contribution in [3.63, 3.8) is 0 Å². The van der Waals surface area contributed by atoms with Crippen molar-refractivity contribution in [2.45, 2.75) is 0 Å². The van der Waals surface area contributed by atoms with Crippen molar-refractivity contribution in [2.24, 2.45) is 0 Å². The Balaban J connectivity index is 2.54. The summed E-state index contributed by atoms with van der Waals surface area (Å²) in [4.78, 5) is 0. The summed E-state index contributed by atoms with van der Waals surface area (Å²) in [6.07, 6.45) is 0. The quantitative estimate of drug-likeness (QED) is 0.519. The molecule has 0 saturated heterocycles. The molecule has 1 aromatic carbocycles. The number of anilines is 1. The molecule has 0 fully saturated rings. The van der Waals surface area contributed by atoms with E-state index < -0.39 is 0 Å². The molecule has 0 heterocycles. The molecule has 3 N–H and O–H groups in total. The van der Waals surface area contributed by atoms with Crippen molar-refractivity contribution in [3.05, 3.63) is 29.3 Å². The van der Waals surface area contributed by atoms with Gasteiger partial charge in [-0.2, -0.15) is 0 Å². The average molecular weight is 216 g/mol. The minimum atomic E-state index is 0.514. The zero-order valence-corrected chi connectivity index (χ0v) is 8.67. The fraction of sp³-hybridized carbons (Fsp3) is 0.125. The van der Waals surface area contributed by atoms with Gasteiger partial charge in [0.1, 0.15) is 0 Å². The maximum absolute atomic E-state index is 5.88. The molecule has 70 valence electrons. The molecule has 0 aromatic heterocycles. The second-order valence-electron chi connectivity index (χ2n) is 2.31. The first-order valence-electron chi connectivity index (χ1n) is 3.72. The highest BCUT2D eigenvalue weighted by molar-refractivity contribution is 7.80. The van der Waals surface area contributed by atoms with E-state index in [1.165, 1.54) is 0 Å². The Morgan fingerprint density at radius 3 is 2.69 bits per heavy atom. The third-order valence-corrected chi connectivity index (χ3v) is 2.05. The summed E-state index contributed by atoms with van der Waals surface area (Å²) < 4.78 is 0. The van der Waals surface area contributed by atoms with Gasteiger partial charge in [-0.15, -0.1) is 0 Å². The number of hydrogen-bond acceptors (Lipinski definition) is 2. The molecule has 5 heteroatoms. The van der Waals surface area contributed by atoms with Gasteiger partial charge in [-0.3, -0.25) is 10.9 Å². The monoisotopic (exact) mass is 215 g/mol. The third kappa shape index (κ3) is 3.08. The molecule has 0 unspecified atom stereocenters. The lowest BCUT2D eigenvalue weighted by Gasteiger charge is -2.10. The van der Waals surface area contributed by atoms with Gasteiger partial charge in [0, 0.05) is 7.05 Å². The molecule has 0 aliphatic rings. The first-order chi connectivity index (χ1) is 6.24. The summed E-state index contributed by atoms with van der Waals surface area (Å²) in [7, 11) is 1.74. The Morgan fingerprint density at radius 2 is 2.08 bits per heavy atom. The van der Waals surface area contributed by atoms with E-state index in [4.69, 9.17) is 23.8 Å². The van der Waals surface area contributed by atoms with E-state index in [9.17, 15) is 0 Å². The summed E-state index contributed by atoms with van der Waals surface area (Å²) in [5.74, 6) is 0. The van der Waals surface area contributed by atoms with Crippen molar-refractivity contribution < 1.29 is 0 Å². The number of halogens is 1. The van der Waals surface area contributed by atoms with Crippen LogP contribution >= 0.6 is 23.8 Å². The standard InChI is InChI=1S/C8H10ClN3S/c1-10-8(13)12-11-7-5-3-2-4-6(7)9/h2-5,11H,1H3,(H2,10,12,13). The van der Waals surface area contributed by atoms with Gasteiger partial charge in [0.05, 0.1) is 10.7 Å². The molecule has 1 aromatic rings. The van der Waals surface area contributed by atoms with Crippen LogP contribution in [0.1, 0.15) is 0 Å². The van der Waals surface area contributed by atoms with Gasteiger partial charge >= 0.3 is 0 Å². The molecule has 0 saturated carbocycles. The topological polar surface area (TPSA) is 36.1 Å². The zero-order chi connectivity index (χ0) is 9.68. The zero-order valence-electron chi connectivity index (χ0n) is 7.10. The highest BCUT2D eigenvalue weighted by atomic mass is 35.5. The SMILES string of the molecule is CNC(=S)NNc1ccccc1Cl. The summed E-state index contributed by atoms with van der Waals surface area (Å²) >= 11 is 10.8. The van der Waals surface area contributed by atoms with Gasteiger partial charge in [-0.05, 0) is 24.4 Å². The second kappa shape index (κ2) is 4.89. The van der Waals surface area contributed by atoms with Crippen molar-refractivity contribution in [1.29, 1.82) is 0 Å². The molecule has 0 aliphatic carbocycles. The Kier molecular flexibility index (Phi) is 3.79. The third-order valence-electron chi connectivity index (χ3n) is 1.41. The largest absolute Gasteiger partial charge is 0.364 e. The van der Waals surface area contributed by atoms with Crippen molar-refractivity contribution in [3.8, 4) is 0 Å². The van der Waals surface area contributed by atoms with Gasteiger partial charge in [0.15, 0.2) is 5.11 Å². The Bertz CT molecular complexity index is 303. The van der Waals surface area contributed by atoms with Gasteiger partial charge in [-0.1, -0.05) is 23.7 Å². The maximum Gasteiger partial charge on any atom is 0.184 e. The number of hydrogen-bond donors (Lipinski definition) is 3. The molecule has 0 bridgehead atoms. The van der Waals surface area contributed by atoms with Crippen LogP contribution in [0.4, 0.5) is 5.69 Å². The lowest BCUT2D eigenvalue weighted by Crippen LogP contribution is -2.36. The first-order valence-corrected chi connectivity index (χ1v) is 4.51. The summed E-state index contributed by atoms with van der Waals surface area (Å²) in [6.45, 7) is 0. The van der Waals surface area contributed by atoms with Gasteiger partial charge < -0.3 is 5.32 Å². The Labute approximate surface area is 87.4 Å². The highest BCUT2D eigenvalue weighted by Gasteiger charge is 1.96. The van der Waals surface area contributed by atoms with Gasteiger partial charge in [0.2, 0.25) is 0 Å². The van der Waals surface area contributed by atoms with Crippen LogP contribution in [-0.4, -0.2) is 12.2 Å². The predicted molar refractivity (Wildman–Crippen MR) is 59.9 cm³/mol. The molecule has 3 nitrogen and oxygen atoms in total. The van der Waals surface area contributed by atoms with Crippen molar-refractivity contribution in [2.75, 3.05) is 12.5 Å². The first kappa shape index (κ1) is 10.1. The molecule has 13 heavy (non-hydrogen) atoms. The predicted octanol–water partition coefficient (Wildman–Crippen LogP) is 1.76. The van der Waals surface area contributed by atoms with Crippen molar-refractivity contribution in [1.82, 2.24) is 10.7 Å².